The fourth-order valence-corrected chi connectivity index (χ4v) is 2.76. The van der Waals surface area contributed by atoms with Crippen molar-refractivity contribution in [3.8, 4) is 5.75 Å². The Hall–Kier alpha value is -0.806. The maximum Gasteiger partial charge on any atom is 0.455 e. The SMILES string of the molecule is O.O.O=C(c1c(O)c2cccc3c2n(c1=O)CCC3)C(F)(F)F.[Eu]. The Balaban J connectivity index is 0.00000176. The van der Waals surface area contributed by atoms with Gasteiger partial charge in [-0.25, -0.2) is 0 Å². The van der Waals surface area contributed by atoms with Crippen molar-refractivity contribution >= 4 is 16.7 Å². The zero-order chi connectivity index (χ0) is 15.4. The van der Waals surface area contributed by atoms with Crippen LogP contribution in [0.25, 0.3) is 10.9 Å². The van der Waals surface area contributed by atoms with Gasteiger partial charge in [-0.3, -0.25) is 9.59 Å². The van der Waals surface area contributed by atoms with E-state index in [4.69, 9.17) is 0 Å². The Bertz CT molecular complexity index is 832. The summed E-state index contributed by atoms with van der Waals surface area (Å²) >= 11 is 0. The molecule has 24 heavy (non-hydrogen) atoms. The third kappa shape index (κ3) is 3.57. The number of hydrogen-bond acceptors (Lipinski definition) is 3. The summed E-state index contributed by atoms with van der Waals surface area (Å²) in [7, 11) is 0. The van der Waals surface area contributed by atoms with Gasteiger partial charge in [0.2, 0.25) is 0 Å². The maximum atomic E-state index is 12.6. The number of aromatic hydroxyl groups is 1. The molecular formula is C14H14EuF3NO5. The number of ketones is 1. The van der Waals surface area contributed by atoms with Gasteiger partial charge in [0.25, 0.3) is 11.3 Å². The van der Waals surface area contributed by atoms with Gasteiger partial charge in [-0.1, -0.05) is 12.1 Å². The van der Waals surface area contributed by atoms with Crippen LogP contribution in [0.4, 0.5) is 13.2 Å². The van der Waals surface area contributed by atoms with E-state index in [9.17, 15) is 27.9 Å². The average molecular weight is 485 g/mol. The van der Waals surface area contributed by atoms with E-state index in [1.807, 2.05) is 0 Å². The van der Waals surface area contributed by atoms with Gasteiger partial charge in [-0.05, 0) is 24.5 Å². The summed E-state index contributed by atoms with van der Waals surface area (Å²) in [6.45, 7) is 0.227. The number of benzene rings is 1. The first-order valence-electron chi connectivity index (χ1n) is 6.31. The molecular weight excluding hydrogens is 471 g/mol. The maximum absolute atomic E-state index is 12.6. The van der Waals surface area contributed by atoms with Gasteiger partial charge in [-0.2, -0.15) is 13.2 Å². The molecule has 2 aromatic rings. The normalized spacial score (nSPS) is 12.6. The molecule has 10 heteroatoms. The second kappa shape index (κ2) is 8.05. The van der Waals surface area contributed by atoms with E-state index in [1.165, 1.54) is 6.07 Å². The molecule has 0 unspecified atom stereocenters. The first kappa shape index (κ1) is 23.2. The van der Waals surface area contributed by atoms with Gasteiger partial charge in [0.15, 0.2) is 0 Å². The van der Waals surface area contributed by atoms with Crippen molar-refractivity contribution in [1.82, 2.24) is 4.57 Å². The van der Waals surface area contributed by atoms with Crippen LogP contribution in [0.5, 0.6) is 5.75 Å². The van der Waals surface area contributed by atoms with Crippen LogP contribution in [0.2, 0.25) is 0 Å². The molecule has 1 radical (unpaired) electrons. The molecule has 1 aromatic carbocycles. The number of para-hydroxylation sites is 1. The minimum Gasteiger partial charge on any atom is -0.506 e. The van der Waals surface area contributed by atoms with Crippen molar-refractivity contribution in [3.63, 3.8) is 0 Å². The van der Waals surface area contributed by atoms with Crippen molar-refractivity contribution in [2.24, 2.45) is 0 Å². The van der Waals surface area contributed by atoms with Crippen LogP contribution in [0, 0.1) is 49.4 Å². The van der Waals surface area contributed by atoms with Gasteiger partial charge < -0.3 is 20.6 Å². The van der Waals surface area contributed by atoms with Crippen LogP contribution in [0.1, 0.15) is 22.3 Å². The smallest absolute Gasteiger partial charge is 0.455 e. The molecule has 1 aliphatic rings. The van der Waals surface area contributed by atoms with E-state index in [0.717, 1.165) is 10.1 Å². The van der Waals surface area contributed by atoms with E-state index in [1.54, 1.807) is 12.1 Å². The van der Waals surface area contributed by atoms with E-state index in [-0.39, 0.29) is 72.3 Å². The van der Waals surface area contributed by atoms with Gasteiger partial charge >= 0.3 is 6.18 Å². The number of nitrogens with zero attached hydrogens (tertiary/aromatic N) is 1. The molecule has 0 saturated carbocycles. The Morgan fingerprint density at radius 1 is 1.21 bits per heavy atom. The predicted molar refractivity (Wildman–Crippen MR) is 75.8 cm³/mol. The van der Waals surface area contributed by atoms with Crippen LogP contribution < -0.4 is 5.56 Å². The largest absolute Gasteiger partial charge is 0.506 e. The third-order valence-corrected chi connectivity index (χ3v) is 3.65. The number of pyridine rings is 1. The summed E-state index contributed by atoms with van der Waals surface area (Å²) in [6, 6.07) is 4.74. The number of hydrogen-bond donors (Lipinski definition) is 1. The summed E-state index contributed by atoms with van der Waals surface area (Å²) < 4.78 is 39.0. The fraction of sp³-hybridized carbons (Fsp3) is 0.286. The number of halogens is 3. The molecule has 3 rings (SSSR count). The molecule has 0 spiro atoms. The van der Waals surface area contributed by atoms with Gasteiger partial charge in [0.05, 0.1) is 5.52 Å². The number of carbonyl (C=O) groups is 1. The average Bonchev–Trinajstić information content (AvgIpc) is 2.43. The van der Waals surface area contributed by atoms with Crippen LogP contribution in [0.15, 0.2) is 23.0 Å². The Labute approximate surface area is 174 Å². The predicted octanol–water partition coefficient (Wildman–Crippen LogP) is 0.749. The molecule has 0 saturated heterocycles. The molecule has 0 bridgehead atoms. The second-order valence-corrected chi connectivity index (χ2v) is 4.92. The Morgan fingerprint density at radius 2 is 1.83 bits per heavy atom. The van der Waals surface area contributed by atoms with E-state index in [2.05, 4.69) is 0 Å². The van der Waals surface area contributed by atoms with E-state index < -0.39 is 28.8 Å². The van der Waals surface area contributed by atoms with Crippen molar-refractivity contribution in [2.45, 2.75) is 25.6 Å². The van der Waals surface area contributed by atoms with Crippen molar-refractivity contribution in [1.29, 1.82) is 0 Å². The van der Waals surface area contributed by atoms with Gasteiger partial charge in [-0.15, -0.1) is 0 Å². The molecule has 5 N–H and O–H groups in total. The van der Waals surface area contributed by atoms with E-state index in [0.29, 0.717) is 18.4 Å². The first-order chi connectivity index (χ1) is 9.82. The van der Waals surface area contributed by atoms with Crippen molar-refractivity contribution in [2.75, 3.05) is 0 Å². The zero-order valence-electron chi connectivity index (χ0n) is 12.1. The van der Waals surface area contributed by atoms with Crippen LogP contribution in [0.3, 0.4) is 0 Å². The summed E-state index contributed by atoms with van der Waals surface area (Å²) in [5.74, 6) is -3.20. The Kier molecular flexibility index (Phi) is 7.78. The fourth-order valence-electron chi connectivity index (χ4n) is 2.76. The van der Waals surface area contributed by atoms with Crippen molar-refractivity contribution < 1.29 is 83.4 Å². The zero-order valence-corrected chi connectivity index (χ0v) is 14.5. The summed E-state index contributed by atoms with van der Waals surface area (Å²) in [4.78, 5) is 23.6. The van der Waals surface area contributed by atoms with Gasteiger partial charge in [0.1, 0.15) is 11.3 Å². The second-order valence-electron chi connectivity index (χ2n) is 4.92. The summed E-state index contributed by atoms with van der Waals surface area (Å²) in [5.41, 5.74) is -1.11. The molecule has 6 nitrogen and oxygen atoms in total. The first-order valence-corrected chi connectivity index (χ1v) is 6.31. The minimum atomic E-state index is -5.20. The standard InChI is InChI=1S/C14H10F3NO3.Eu.2H2O/c15-14(16,17)12(20)9-11(19)8-5-1-3-7-4-2-6-18(10(7)8)13(9)21;;;/h1,3,5,19H,2,4,6H2;;2*1H2. The molecule has 0 fully saturated rings. The summed E-state index contributed by atoms with van der Waals surface area (Å²) in [5, 5.41) is 10.1. The van der Waals surface area contributed by atoms with Crippen LogP contribution in [-0.4, -0.2) is 32.6 Å². The Morgan fingerprint density at radius 3 is 2.42 bits per heavy atom. The number of rotatable bonds is 1. The number of carbonyl (C=O) groups excluding carboxylic acids is 1. The molecule has 0 aliphatic carbocycles. The van der Waals surface area contributed by atoms with E-state index >= 15 is 0 Å². The van der Waals surface area contributed by atoms with Crippen LogP contribution in [-0.2, 0) is 13.0 Å². The number of Topliss-reactive ketones (excluding diaryl/α,β-unsaturated/α-hetero) is 1. The molecule has 133 valence electrons. The topological polar surface area (TPSA) is 122 Å². The number of aryl methyl sites for hydroxylation is 2. The minimum absolute atomic E-state index is 0. The third-order valence-electron chi connectivity index (χ3n) is 3.65. The molecule has 2 heterocycles. The monoisotopic (exact) mass is 486 g/mol. The number of alkyl halides is 3. The van der Waals surface area contributed by atoms with Gasteiger partial charge in [0, 0.05) is 61.3 Å². The molecule has 0 amide bonds. The molecule has 1 aliphatic heterocycles. The quantitative estimate of drug-likeness (QED) is 0.600. The molecule has 0 atom stereocenters. The molecule has 1 aromatic heterocycles. The number of aromatic nitrogens is 1. The van der Waals surface area contributed by atoms with Crippen molar-refractivity contribution in [3.05, 3.63) is 39.7 Å². The van der Waals surface area contributed by atoms with Crippen LogP contribution >= 0.6 is 0 Å². The summed E-state index contributed by atoms with van der Waals surface area (Å²) in [6.07, 6.45) is -3.94.